The van der Waals surface area contributed by atoms with Crippen LogP contribution in [0.4, 0.5) is 4.39 Å². The maximum absolute atomic E-state index is 13.6. The molecule has 0 heterocycles. The number of rotatable bonds is 7. The molecule has 0 aromatic heterocycles. The first-order valence-corrected chi connectivity index (χ1v) is 7.96. The maximum Gasteiger partial charge on any atom is 0.246 e. The van der Waals surface area contributed by atoms with Gasteiger partial charge in [0, 0.05) is 13.1 Å². The smallest absolute Gasteiger partial charge is 0.246 e. The van der Waals surface area contributed by atoms with E-state index in [1.807, 2.05) is 31.2 Å². The highest BCUT2D eigenvalue weighted by molar-refractivity contribution is 5.91. The predicted octanol–water partition coefficient (Wildman–Crippen LogP) is 3.69. The Kier molecular flexibility index (Phi) is 6.57. The fourth-order valence-corrected chi connectivity index (χ4v) is 2.13. The molecule has 1 amide bonds. The van der Waals surface area contributed by atoms with E-state index in [1.54, 1.807) is 24.1 Å². The Hall–Kier alpha value is -2.82. The van der Waals surface area contributed by atoms with Gasteiger partial charge in [-0.1, -0.05) is 23.8 Å². The van der Waals surface area contributed by atoms with Gasteiger partial charge in [0.15, 0.2) is 11.6 Å². The molecule has 2 aromatic carbocycles. The fourth-order valence-electron chi connectivity index (χ4n) is 2.13. The van der Waals surface area contributed by atoms with Crippen LogP contribution in [0, 0.1) is 12.7 Å². The molecule has 25 heavy (non-hydrogen) atoms. The lowest BCUT2D eigenvalue weighted by Gasteiger charge is -2.15. The molecule has 0 saturated heterocycles. The molecule has 0 aliphatic heterocycles. The van der Waals surface area contributed by atoms with Crippen molar-refractivity contribution >= 4 is 12.0 Å². The number of halogens is 1. The zero-order valence-electron chi connectivity index (χ0n) is 14.7. The molecule has 2 rings (SSSR count). The molecule has 0 aliphatic rings. The SMILES string of the molecule is COc1ccc(/C=C/C(=O)N(C)CCOc2ccc(C)cc2)cc1F. The number of methoxy groups -OCH3 is 1. The molecule has 4 nitrogen and oxygen atoms in total. The Labute approximate surface area is 147 Å². The van der Waals surface area contributed by atoms with Gasteiger partial charge in [-0.3, -0.25) is 4.79 Å². The Balaban J connectivity index is 1.83. The van der Waals surface area contributed by atoms with Gasteiger partial charge in [-0.15, -0.1) is 0 Å². The van der Waals surface area contributed by atoms with Crippen LogP contribution in [0.25, 0.3) is 6.08 Å². The van der Waals surface area contributed by atoms with E-state index < -0.39 is 5.82 Å². The number of hydrogen-bond donors (Lipinski definition) is 0. The lowest BCUT2D eigenvalue weighted by atomic mass is 10.2. The second-order valence-electron chi connectivity index (χ2n) is 5.65. The van der Waals surface area contributed by atoms with Gasteiger partial charge in [0.1, 0.15) is 12.4 Å². The lowest BCUT2D eigenvalue weighted by molar-refractivity contribution is -0.125. The molecular weight excluding hydrogens is 321 g/mol. The first-order valence-electron chi connectivity index (χ1n) is 7.96. The second kappa shape index (κ2) is 8.87. The molecule has 0 aliphatic carbocycles. The third-order valence-electron chi connectivity index (χ3n) is 3.69. The molecule has 2 aromatic rings. The maximum atomic E-state index is 13.6. The van der Waals surface area contributed by atoms with E-state index in [0.717, 1.165) is 5.75 Å². The summed E-state index contributed by atoms with van der Waals surface area (Å²) in [6.07, 6.45) is 2.98. The molecule has 0 bridgehead atoms. The van der Waals surface area contributed by atoms with Gasteiger partial charge >= 0.3 is 0 Å². The minimum absolute atomic E-state index is 0.175. The first kappa shape index (κ1) is 18.5. The minimum atomic E-state index is -0.461. The molecule has 0 atom stereocenters. The number of carbonyl (C=O) groups excluding carboxylic acids is 1. The Morgan fingerprint density at radius 2 is 1.92 bits per heavy atom. The number of carbonyl (C=O) groups is 1. The molecule has 0 N–H and O–H groups in total. The number of ether oxygens (including phenoxy) is 2. The van der Waals surface area contributed by atoms with E-state index in [4.69, 9.17) is 9.47 Å². The van der Waals surface area contributed by atoms with Gasteiger partial charge < -0.3 is 14.4 Å². The molecule has 5 heteroatoms. The summed E-state index contributed by atoms with van der Waals surface area (Å²) in [5.41, 5.74) is 1.76. The summed E-state index contributed by atoms with van der Waals surface area (Å²) in [7, 11) is 3.10. The van der Waals surface area contributed by atoms with Crippen LogP contribution in [0.1, 0.15) is 11.1 Å². The number of benzene rings is 2. The Bertz CT molecular complexity index is 741. The topological polar surface area (TPSA) is 38.8 Å². The van der Waals surface area contributed by atoms with Crippen molar-refractivity contribution in [3.05, 3.63) is 65.5 Å². The molecule has 0 spiro atoms. The average Bonchev–Trinajstić information content (AvgIpc) is 2.61. The molecule has 0 saturated carbocycles. The van der Waals surface area contributed by atoms with Gasteiger partial charge in [0.2, 0.25) is 5.91 Å². The van der Waals surface area contributed by atoms with E-state index in [-0.39, 0.29) is 11.7 Å². The van der Waals surface area contributed by atoms with Gasteiger partial charge in [-0.2, -0.15) is 0 Å². The number of aryl methyl sites for hydroxylation is 1. The van der Waals surface area contributed by atoms with Crippen molar-refractivity contribution in [2.75, 3.05) is 27.3 Å². The van der Waals surface area contributed by atoms with Gasteiger partial charge in [-0.05, 0) is 42.8 Å². The van der Waals surface area contributed by atoms with Crippen molar-refractivity contribution in [2.45, 2.75) is 6.92 Å². The summed E-state index contributed by atoms with van der Waals surface area (Å²) in [5, 5.41) is 0. The highest BCUT2D eigenvalue weighted by Gasteiger charge is 2.06. The normalized spacial score (nSPS) is 10.7. The van der Waals surface area contributed by atoms with Crippen molar-refractivity contribution in [1.29, 1.82) is 0 Å². The van der Waals surface area contributed by atoms with Crippen LogP contribution in [0.3, 0.4) is 0 Å². The monoisotopic (exact) mass is 343 g/mol. The van der Waals surface area contributed by atoms with Crippen molar-refractivity contribution in [3.63, 3.8) is 0 Å². The summed E-state index contributed by atoms with van der Waals surface area (Å²) < 4.78 is 24.1. The number of nitrogens with zero attached hydrogens (tertiary/aromatic N) is 1. The molecular formula is C20H22FNO3. The van der Waals surface area contributed by atoms with Crippen LogP contribution in [0.2, 0.25) is 0 Å². The van der Waals surface area contributed by atoms with Gasteiger partial charge in [0.25, 0.3) is 0 Å². The minimum Gasteiger partial charge on any atom is -0.494 e. The molecule has 0 unspecified atom stereocenters. The van der Waals surface area contributed by atoms with E-state index in [9.17, 15) is 9.18 Å². The van der Waals surface area contributed by atoms with Crippen molar-refractivity contribution in [1.82, 2.24) is 4.90 Å². The first-order chi connectivity index (χ1) is 12.0. The van der Waals surface area contributed by atoms with Crippen molar-refractivity contribution < 1.29 is 18.7 Å². The van der Waals surface area contributed by atoms with E-state index in [0.29, 0.717) is 18.7 Å². The van der Waals surface area contributed by atoms with Crippen LogP contribution in [-0.2, 0) is 4.79 Å². The van der Waals surface area contributed by atoms with Crippen LogP contribution in [0.5, 0.6) is 11.5 Å². The summed E-state index contributed by atoms with van der Waals surface area (Å²) >= 11 is 0. The van der Waals surface area contributed by atoms with E-state index in [1.165, 1.54) is 30.9 Å². The zero-order chi connectivity index (χ0) is 18.2. The standard InChI is InChI=1S/C20H22FNO3/c1-15-4-8-17(9-5-15)25-13-12-22(2)20(23)11-7-16-6-10-19(24-3)18(21)14-16/h4-11,14H,12-13H2,1-3H3/b11-7+. The second-order valence-corrected chi connectivity index (χ2v) is 5.65. The summed E-state index contributed by atoms with van der Waals surface area (Å²) in [6, 6.07) is 12.3. The lowest BCUT2D eigenvalue weighted by Crippen LogP contribution is -2.29. The highest BCUT2D eigenvalue weighted by atomic mass is 19.1. The quantitative estimate of drug-likeness (QED) is 0.720. The third-order valence-corrected chi connectivity index (χ3v) is 3.69. The van der Waals surface area contributed by atoms with Crippen LogP contribution >= 0.6 is 0 Å². The number of hydrogen-bond acceptors (Lipinski definition) is 3. The predicted molar refractivity (Wildman–Crippen MR) is 96.3 cm³/mol. The van der Waals surface area contributed by atoms with Crippen molar-refractivity contribution in [2.24, 2.45) is 0 Å². The zero-order valence-corrected chi connectivity index (χ0v) is 14.7. The molecule has 0 radical (unpaired) electrons. The van der Waals surface area contributed by atoms with Crippen molar-refractivity contribution in [3.8, 4) is 11.5 Å². The number of likely N-dealkylation sites (N-methyl/N-ethyl adjacent to an activating group) is 1. The summed E-state index contributed by atoms with van der Waals surface area (Å²) in [6.45, 7) is 2.86. The van der Waals surface area contributed by atoms with Gasteiger partial charge in [0.05, 0.1) is 13.7 Å². The summed E-state index contributed by atoms with van der Waals surface area (Å²) in [5.74, 6) is 0.310. The largest absolute Gasteiger partial charge is 0.494 e. The fraction of sp³-hybridized carbons (Fsp3) is 0.250. The molecule has 0 fully saturated rings. The van der Waals surface area contributed by atoms with Crippen LogP contribution in [0.15, 0.2) is 48.5 Å². The van der Waals surface area contributed by atoms with Crippen LogP contribution in [-0.4, -0.2) is 38.1 Å². The van der Waals surface area contributed by atoms with Gasteiger partial charge in [-0.25, -0.2) is 4.39 Å². The number of amides is 1. The Morgan fingerprint density at radius 1 is 1.20 bits per heavy atom. The third kappa shape index (κ3) is 5.64. The average molecular weight is 343 g/mol. The van der Waals surface area contributed by atoms with E-state index in [2.05, 4.69) is 0 Å². The highest BCUT2D eigenvalue weighted by Crippen LogP contribution is 2.18. The summed E-state index contributed by atoms with van der Waals surface area (Å²) in [4.78, 5) is 13.6. The van der Waals surface area contributed by atoms with E-state index >= 15 is 0 Å². The Morgan fingerprint density at radius 3 is 2.56 bits per heavy atom. The van der Waals surface area contributed by atoms with Crippen LogP contribution < -0.4 is 9.47 Å². The molecule has 132 valence electrons.